The molecule has 0 saturated heterocycles. The average Bonchev–Trinajstić information content (AvgIpc) is 2.56. The van der Waals surface area contributed by atoms with Crippen molar-refractivity contribution in [3.63, 3.8) is 0 Å². The zero-order valence-electron chi connectivity index (χ0n) is 12.5. The Hall–Kier alpha value is -2.33. The summed E-state index contributed by atoms with van der Waals surface area (Å²) in [6.45, 7) is 0. The molecule has 4 heteroatoms. The fourth-order valence-corrected chi connectivity index (χ4v) is 2.20. The minimum absolute atomic E-state index is 0.00568. The number of likely N-dealkylation sites (N-methyl/N-ethyl adjacent to an activating group) is 2. The molecule has 1 amide bonds. The van der Waals surface area contributed by atoms with Gasteiger partial charge in [-0.05, 0) is 36.9 Å². The monoisotopic (exact) mass is 284 g/mol. The molecule has 1 atom stereocenters. The van der Waals surface area contributed by atoms with Crippen LogP contribution in [0.1, 0.15) is 11.6 Å². The van der Waals surface area contributed by atoms with E-state index in [4.69, 9.17) is 4.74 Å². The highest BCUT2D eigenvalue weighted by molar-refractivity contribution is 5.97. The molecule has 0 heterocycles. The second-order valence-corrected chi connectivity index (χ2v) is 4.73. The maximum absolute atomic E-state index is 12.7. The first kappa shape index (κ1) is 15.1. The van der Waals surface area contributed by atoms with E-state index in [0.717, 1.165) is 17.0 Å². The number of anilines is 1. The van der Waals surface area contributed by atoms with Crippen molar-refractivity contribution in [2.45, 2.75) is 6.04 Å². The lowest BCUT2D eigenvalue weighted by atomic mass is 10.1. The van der Waals surface area contributed by atoms with Gasteiger partial charge in [0, 0.05) is 12.7 Å². The molecule has 2 aromatic rings. The fraction of sp³-hybridized carbons (Fsp3) is 0.235. The third-order valence-electron chi connectivity index (χ3n) is 3.46. The molecule has 1 N–H and O–H groups in total. The molecule has 0 aromatic heterocycles. The summed E-state index contributed by atoms with van der Waals surface area (Å²) in [4.78, 5) is 14.3. The summed E-state index contributed by atoms with van der Waals surface area (Å²) in [7, 11) is 5.19. The molecule has 21 heavy (non-hydrogen) atoms. The van der Waals surface area contributed by atoms with Gasteiger partial charge >= 0.3 is 0 Å². The van der Waals surface area contributed by atoms with Gasteiger partial charge in [-0.15, -0.1) is 0 Å². The predicted molar refractivity (Wildman–Crippen MR) is 84.6 cm³/mol. The molecule has 0 aliphatic rings. The highest BCUT2D eigenvalue weighted by Crippen LogP contribution is 2.22. The Morgan fingerprint density at radius 1 is 1.10 bits per heavy atom. The van der Waals surface area contributed by atoms with Gasteiger partial charge in [-0.25, -0.2) is 0 Å². The van der Waals surface area contributed by atoms with E-state index in [0.29, 0.717) is 0 Å². The molecular formula is C17H20N2O2. The van der Waals surface area contributed by atoms with E-state index in [1.165, 1.54) is 0 Å². The average molecular weight is 284 g/mol. The van der Waals surface area contributed by atoms with E-state index in [9.17, 15) is 4.79 Å². The quantitative estimate of drug-likeness (QED) is 0.917. The van der Waals surface area contributed by atoms with Gasteiger partial charge in [0.25, 0.3) is 0 Å². The second kappa shape index (κ2) is 6.90. The number of carbonyl (C=O) groups is 1. The number of ether oxygens (including phenoxy) is 1. The van der Waals surface area contributed by atoms with Crippen molar-refractivity contribution in [3.8, 4) is 5.75 Å². The predicted octanol–water partition coefficient (Wildman–Crippen LogP) is 2.62. The van der Waals surface area contributed by atoms with Crippen LogP contribution < -0.4 is 15.0 Å². The van der Waals surface area contributed by atoms with Crippen LogP contribution in [0.15, 0.2) is 54.6 Å². The molecule has 110 valence electrons. The van der Waals surface area contributed by atoms with Crippen molar-refractivity contribution in [2.75, 3.05) is 26.1 Å². The first-order valence-corrected chi connectivity index (χ1v) is 6.81. The van der Waals surface area contributed by atoms with Gasteiger partial charge < -0.3 is 15.0 Å². The molecule has 2 rings (SSSR count). The SMILES string of the molecule is CNC(C(=O)N(C)c1ccc(OC)cc1)c1ccccc1. The number of rotatable bonds is 5. The third kappa shape index (κ3) is 3.41. The second-order valence-electron chi connectivity index (χ2n) is 4.73. The summed E-state index contributed by atoms with van der Waals surface area (Å²) in [5.41, 5.74) is 1.78. The summed E-state index contributed by atoms with van der Waals surface area (Å²) in [6.07, 6.45) is 0. The van der Waals surface area contributed by atoms with Crippen LogP contribution in [0.25, 0.3) is 0 Å². The standard InChI is InChI=1S/C17H20N2O2/c1-18-16(13-7-5-4-6-8-13)17(20)19(2)14-9-11-15(21-3)12-10-14/h4-12,16,18H,1-3H3. The van der Waals surface area contributed by atoms with Gasteiger partial charge in [0.2, 0.25) is 5.91 Å². The molecule has 2 aromatic carbocycles. The molecule has 1 unspecified atom stereocenters. The van der Waals surface area contributed by atoms with Crippen LogP contribution in [-0.2, 0) is 4.79 Å². The topological polar surface area (TPSA) is 41.6 Å². The van der Waals surface area contributed by atoms with Crippen molar-refractivity contribution >= 4 is 11.6 Å². The number of hydrogen-bond acceptors (Lipinski definition) is 3. The summed E-state index contributed by atoms with van der Waals surface area (Å²) >= 11 is 0. The fourth-order valence-electron chi connectivity index (χ4n) is 2.20. The van der Waals surface area contributed by atoms with E-state index in [2.05, 4.69) is 5.32 Å². The van der Waals surface area contributed by atoms with Crippen LogP contribution in [0.2, 0.25) is 0 Å². The van der Waals surface area contributed by atoms with E-state index in [1.807, 2.05) is 54.6 Å². The lowest BCUT2D eigenvalue weighted by Gasteiger charge is -2.24. The number of methoxy groups -OCH3 is 1. The largest absolute Gasteiger partial charge is 0.497 e. The number of carbonyl (C=O) groups excluding carboxylic acids is 1. The molecule has 0 aliphatic carbocycles. The summed E-state index contributed by atoms with van der Waals surface area (Å²) in [5, 5.41) is 3.08. The molecule has 0 bridgehead atoms. The Morgan fingerprint density at radius 2 is 1.71 bits per heavy atom. The first-order chi connectivity index (χ1) is 10.2. The van der Waals surface area contributed by atoms with Crippen molar-refractivity contribution in [2.24, 2.45) is 0 Å². The molecule has 4 nitrogen and oxygen atoms in total. The zero-order chi connectivity index (χ0) is 15.2. The van der Waals surface area contributed by atoms with Gasteiger partial charge in [0.1, 0.15) is 11.8 Å². The van der Waals surface area contributed by atoms with Gasteiger partial charge in [0.15, 0.2) is 0 Å². The van der Waals surface area contributed by atoms with Crippen LogP contribution in [0.3, 0.4) is 0 Å². The summed E-state index contributed by atoms with van der Waals surface area (Å²) in [6, 6.07) is 16.8. The van der Waals surface area contributed by atoms with Crippen LogP contribution in [0, 0.1) is 0 Å². The van der Waals surface area contributed by atoms with Crippen LogP contribution in [0.4, 0.5) is 5.69 Å². The summed E-state index contributed by atoms with van der Waals surface area (Å²) < 4.78 is 5.13. The van der Waals surface area contributed by atoms with Crippen molar-refractivity contribution in [1.29, 1.82) is 0 Å². The number of amides is 1. The Kier molecular flexibility index (Phi) is 4.95. The number of hydrogen-bond donors (Lipinski definition) is 1. The Labute approximate surface area is 125 Å². The van der Waals surface area contributed by atoms with Crippen LogP contribution >= 0.6 is 0 Å². The van der Waals surface area contributed by atoms with Crippen molar-refractivity contribution in [3.05, 3.63) is 60.2 Å². The molecule has 0 radical (unpaired) electrons. The Bertz CT molecular complexity index is 581. The molecule has 0 spiro atoms. The van der Waals surface area contributed by atoms with E-state index in [1.54, 1.807) is 26.1 Å². The normalized spacial score (nSPS) is 11.8. The first-order valence-electron chi connectivity index (χ1n) is 6.81. The van der Waals surface area contributed by atoms with Crippen molar-refractivity contribution in [1.82, 2.24) is 5.32 Å². The van der Waals surface area contributed by atoms with Gasteiger partial charge in [-0.3, -0.25) is 4.79 Å². The minimum Gasteiger partial charge on any atom is -0.497 e. The van der Waals surface area contributed by atoms with Crippen LogP contribution in [0.5, 0.6) is 5.75 Å². The minimum atomic E-state index is -0.363. The number of nitrogens with zero attached hydrogens (tertiary/aromatic N) is 1. The highest BCUT2D eigenvalue weighted by atomic mass is 16.5. The van der Waals surface area contributed by atoms with E-state index in [-0.39, 0.29) is 11.9 Å². The number of benzene rings is 2. The van der Waals surface area contributed by atoms with E-state index >= 15 is 0 Å². The smallest absolute Gasteiger partial charge is 0.248 e. The van der Waals surface area contributed by atoms with E-state index < -0.39 is 0 Å². The Morgan fingerprint density at radius 3 is 2.24 bits per heavy atom. The molecule has 0 fully saturated rings. The lowest BCUT2D eigenvalue weighted by molar-refractivity contribution is -0.120. The maximum atomic E-state index is 12.7. The van der Waals surface area contributed by atoms with Gasteiger partial charge in [-0.1, -0.05) is 30.3 Å². The van der Waals surface area contributed by atoms with Crippen LogP contribution in [-0.4, -0.2) is 27.1 Å². The highest BCUT2D eigenvalue weighted by Gasteiger charge is 2.22. The molecule has 0 aliphatic heterocycles. The molecule has 0 saturated carbocycles. The Balaban J connectivity index is 2.20. The third-order valence-corrected chi connectivity index (χ3v) is 3.46. The van der Waals surface area contributed by atoms with Gasteiger partial charge in [0.05, 0.1) is 7.11 Å². The summed E-state index contributed by atoms with van der Waals surface area (Å²) in [5.74, 6) is 0.765. The van der Waals surface area contributed by atoms with Gasteiger partial charge in [-0.2, -0.15) is 0 Å². The number of nitrogens with one attached hydrogen (secondary N) is 1. The lowest BCUT2D eigenvalue weighted by Crippen LogP contribution is -2.37. The maximum Gasteiger partial charge on any atom is 0.248 e. The zero-order valence-corrected chi connectivity index (χ0v) is 12.5. The van der Waals surface area contributed by atoms with Crippen molar-refractivity contribution < 1.29 is 9.53 Å². The molecular weight excluding hydrogens is 264 g/mol.